The standard InChI is InChI=1S/C20H29N/c1-19(2)12-8-9-15-13-18(20(3,4)14-17(15)19)21-16-10-6-5-7-11-16/h5-7,9-11,17-18,21H,8,12-14H2,1-4H3. The lowest BCUT2D eigenvalue weighted by Crippen LogP contribution is -2.46. The van der Waals surface area contributed by atoms with Gasteiger partial charge in [0.25, 0.3) is 0 Å². The lowest BCUT2D eigenvalue weighted by molar-refractivity contribution is 0.102. The number of para-hydroxylation sites is 1. The maximum absolute atomic E-state index is 3.79. The molecule has 0 aliphatic heterocycles. The molecular weight excluding hydrogens is 254 g/mol. The van der Waals surface area contributed by atoms with E-state index in [1.165, 1.54) is 31.4 Å². The smallest absolute Gasteiger partial charge is 0.0349 e. The van der Waals surface area contributed by atoms with Crippen molar-refractivity contribution in [2.24, 2.45) is 16.7 Å². The molecule has 1 heteroatoms. The van der Waals surface area contributed by atoms with E-state index in [0.29, 0.717) is 16.9 Å². The Morgan fingerprint density at radius 1 is 1.00 bits per heavy atom. The third-order valence-electron chi connectivity index (χ3n) is 5.81. The van der Waals surface area contributed by atoms with Crippen LogP contribution in [0.4, 0.5) is 5.69 Å². The molecule has 1 saturated carbocycles. The number of hydrogen-bond acceptors (Lipinski definition) is 1. The van der Waals surface area contributed by atoms with E-state index in [-0.39, 0.29) is 0 Å². The molecule has 0 spiro atoms. The van der Waals surface area contributed by atoms with Gasteiger partial charge in [-0.05, 0) is 54.6 Å². The molecule has 2 aliphatic rings. The minimum absolute atomic E-state index is 0.340. The molecular formula is C20H29N. The molecule has 0 saturated heterocycles. The van der Waals surface area contributed by atoms with E-state index >= 15 is 0 Å². The molecule has 0 heterocycles. The molecule has 0 amide bonds. The van der Waals surface area contributed by atoms with Crippen molar-refractivity contribution in [3.8, 4) is 0 Å². The van der Waals surface area contributed by atoms with Gasteiger partial charge in [0.05, 0.1) is 0 Å². The highest BCUT2D eigenvalue weighted by Crippen LogP contribution is 2.53. The van der Waals surface area contributed by atoms with Crippen molar-refractivity contribution in [2.75, 3.05) is 5.32 Å². The SMILES string of the molecule is CC1(C)CC2C(=CCCC2(C)C)CC1Nc1ccccc1. The second-order valence-electron chi connectivity index (χ2n) is 8.32. The second kappa shape index (κ2) is 5.19. The van der Waals surface area contributed by atoms with E-state index in [2.05, 4.69) is 69.4 Å². The van der Waals surface area contributed by atoms with Crippen molar-refractivity contribution in [1.82, 2.24) is 0 Å². The Kier molecular flexibility index (Phi) is 3.63. The van der Waals surface area contributed by atoms with Gasteiger partial charge in [0.15, 0.2) is 0 Å². The highest BCUT2D eigenvalue weighted by molar-refractivity contribution is 5.45. The Balaban J connectivity index is 1.82. The Hall–Kier alpha value is -1.24. The van der Waals surface area contributed by atoms with Crippen LogP contribution in [0.5, 0.6) is 0 Å². The summed E-state index contributed by atoms with van der Waals surface area (Å²) >= 11 is 0. The fourth-order valence-electron chi connectivity index (χ4n) is 4.24. The number of allylic oxidation sites excluding steroid dienone is 1. The second-order valence-corrected chi connectivity index (χ2v) is 8.32. The number of hydrogen-bond donors (Lipinski definition) is 1. The van der Waals surface area contributed by atoms with Crippen LogP contribution in [0.1, 0.15) is 53.4 Å². The van der Waals surface area contributed by atoms with Crippen LogP contribution in [0.15, 0.2) is 42.0 Å². The molecule has 2 atom stereocenters. The molecule has 21 heavy (non-hydrogen) atoms. The Bertz CT molecular complexity index is 524. The van der Waals surface area contributed by atoms with Crippen LogP contribution < -0.4 is 5.32 Å². The first-order chi connectivity index (χ1) is 9.88. The third kappa shape index (κ3) is 2.88. The molecule has 2 unspecified atom stereocenters. The summed E-state index contributed by atoms with van der Waals surface area (Å²) in [4.78, 5) is 0. The van der Waals surface area contributed by atoms with Crippen molar-refractivity contribution in [3.63, 3.8) is 0 Å². The van der Waals surface area contributed by atoms with Gasteiger partial charge in [-0.25, -0.2) is 0 Å². The quantitative estimate of drug-likeness (QED) is 0.692. The lowest BCUT2D eigenvalue weighted by atomic mass is 9.56. The summed E-state index contributed by atoms with van der Waals surface area (Å²) in [6.45, 7) is 9.81. The topological polar surface area (TPSA) is 12.0 Å². The first-order valence-corrected chi connectivity index (χ1v) is 8.39. The van der Waals surface area contributed by atoms with Crippen molar-refractivity contribution in [1.29, 1.82) is 0 Å². The van der Waals surface area contributed by atoms with Crippen LogP contribution in [0.25, 0.3) is 0 Å². The van der Waals surface area contributed by atoms with Gasteiger partial charge in [0.1, 0.15) is 0 Å². The maximum atomic E-state index is 3.79. The predicted molar refractivity (Wildman–Crippen MR) is 91.5 cm³/mol. The van der Waals surface area contributed by atoms with Crippen molar-refractivity contribution >= 4 is 5.69 Å². The summed E-state index contributed by atoms with van der Waals surface area (Å²) in [5, 5.41) is 3.79. The van der Waals surface area contributed by atoms with Gasteiger partial charge < -0.3 is 5.32 Å². The van der Waals surface area contributed by atoms with E-state index < -0.39 is 0 Å². The fourth-order valence-corrected chi connectivity index (χ4v) is 4.24. The van der Waals surface area contributed by atoms with E-state index in [1.807, 2.05) is 0 Å². The van der Waals surface area contributed by atoms with Crippen molar-refractivity contribution in [3.05, 3.63) is 42.0 Å². The zero-order chi connectivity index (χ0) is 15.1. The molecule has 1 nitrogen and oxygen atoms in total. The highest BCUT2D eigenvalue weighted by atomic mass is 14.9. The van der Waals surface area contributed by atoms with Crippen LogP contribution in [0, 0.1) is 16.7 Å². The largest absolute Gasteiger partial charge is 0.381 e. The molecule has 3 rings (SSSR count). The zero-order valence-corrected chi connectivity index (χ0v) is 13.9. The van der Waals surface area contributed by atoms with Gasteiger partial charge in [-0.15, -0.1) is 0 Å². The molecule has 1 fully saturated rings. The first-order valence-electron chi connectivity index (χ1n) is 8.39. The monoisotopic (exact) mass is 283 g/mol. The first kappa shape index (κ1) is 14.7. The van der Waals surface area contributed by atoms with E-state index in [1.54, 1.807) is 5.57 Å². The van der Waals surface area contributed by atoms with Gasteiger partial charge in [-0.3, -0.25) is 0 Å². The van der Waals surface area contributed by atoms with E-state index in [9.17, 15) is 0 Å². The molecule has 0 radical (unpaired) electrons. The summed E-state index contributed by atoms with van der Waals surface area (Å²) in [5.41, 5.74) is 3.77. The minimum atomic E-state index is 0.340. The molecule has 0 bridgehead atoms. The van der Waals surface area contributed by atoms with E-state index in [4.69, 9.17) is 0 Å². The molecule has 114 valence electrons. The average Bonchev–Trinajstić information content (AvgIpc) is 2.42. The van der Waals surface area contributed by atoms with Gasteiger partial charge in [0.2, 0.25) is 0 Å². The predicted octanol–water partition coefficient (Wildman–Crippen LogP) is 5.65. The average molecular weight is 283 g/mol. The molecule has 1 aromatic rings. The van der Waals surface area contributed by atoms with Crippen LogP contribution >= 0.6 is 0 Å². The number of nitrogens with one attached hydrogen (secondary N) is 1. The number of rotatable bonds is 2. The highest BCUT2D eigenvalue weighted by Gasteiger charge is 2.45. The summed E-state index contributed by atoms with van der Waals surface area (Å²) in [7, 11) is 0. The van der Waals surface area contributed by atoms with Gasteiger partial charge in [-0.2, -0.15) is 0 Å². The number of anilines is 1. The van der Waals surface area contributed by atoms with E-state index in [0.717, 1.165) is 5.92 Å². The summed E-state index contributed by atoms with van der Waals surface area (Å²) in [5.74, 6) is 0.773. The van der Waals surface area contributed by atoms with Gasteiger partial charge >= 0.3 is 0 Å². The Morgan fingerprint density at radius 2 is 1.71 bits per heavy atom. The van der Waals surface area contributed by atoms with Gasteiger partial charge in [0, 0.05) is 11.7 Å². The summed E-state index contributed by atoms with van der Waals surface area (Å²) in [6, 6.07) is 11.2. The lowest BCUT2D eigenvalue weighted by Gasteiger charge is -2.51. The van der Waals surface area contributed by atoms with Crippen molar-refractivity contribution in [2.45, 2.75) is 59.4 Å². The third-order valence-corrected chi connectivity index (χ3v) is 5.81. The molecule has 1 aromatic carbocycles. The van der Waals surface area contributed by atoms with Gasteiger partial charge in [-0.1, -0.05) is 57.5 Å². The minimum Gasteiger partial charge on any atom is -0.381 e. The maximum Gasteiger partial charge on any atom is 0.0349 e. The normalized spacial score (nSPS) is 30.2. The van der Waals surface area contributed by atoms with Crippen LogP contribution in [0.3, 0.4) is 0 Å². The summed E-state index contributed by atoms with van der Waals surface area (Å²) < 4.78 is 0. The summed E-state index contributed by atoms with van der Waals surface area (Å²) in [6.07, 6.45) is 7.64. The van der Waals surface area contributed by atoms with Crippen LogP contribution in [-0.4, -0.2) is 6.04 Å². The van der Waals surface area contributed by atoms with Crippen molar-refractivity contribution < 1.29 is 0 Å². The Labute approximate surface area is 129 Å². The number of fused-ring (bicyclic) bond motifs is 1. The number of benzene rings is 1. The zero-order valence-electron chi connectivity index (χ0n) is 13.9. The van der Waals surface area contributed by atoms with Crippen LogP contribution in [-0.2, 0) is 0 Å². The molecule has 1 N–H and O–H groups in total. The van der Waals surface area contributed by atoms with Crippen LogP contribution in [0.2, 0.25) is 0 Å². The Morgan fingerprint density at radius 3 is 2.43 bits per heavy atom. The fraction of sp³-hybridized carbons (Fsp3) is 0.600. The molecule has 0 aromatic heterocycles. The molecule has 2 aliphatic carbocycles.